The van der Waals surface area contributed by atoms with Crippen molar-refractivity contribution >= 4 is 32.5 Å². The summed E-state index contributed by atoms with van der Waals surface area (Å²) >= 11 is 3.45. The number of hydrogen-bond donors (Lipinski definition) is 0. The third kappa shape index (κ3) is 2.95. The number of carbonyl (C=O) groups excluding carboxylic acids is 1. The molecule has 1 nitrogen and oxygen atoms in total. The van der Waals surface area contributed by atoms with E-state index in [0.29, 0.717) is 6.42 Å². The van der Waals surface area contributed by atoms with E-state index in [1.165, 1.54) is 0 Å². The molecule has 0 saturated heterocycles. The highest BCUT2D eigenvalue weighted by Crippen LogP contribution is 2.21. The number of halogens is 1. The molecule has 2 heteroatoms. The molecule has 0 N–H and O–H groups in total. The van der Waals surface area contributed by atoms with Crippen molar-refractivity contribution in [3.05, 3.63) is 46.4 Å². The number of hydrogen-bond acceptors (Lipinski definition) is 1. The van der Waals surface area contributed by atoms with Gasteiger partial charge in [-0.1, -0.05) is 47.5 Å². The SMILES string of the molecule is CCCCC(=O)c1ccc2cc(Br)ccc2c1. The molecule has 0 atom stereocenters. The topological polar surface area (TPSA) is 17.1 Å². The lowest BCUT2D eigenvalue weighted by Crippen LogP contribution is -1.98. The quantitative estimate of drug-likeness (QED) is 0.726. The lowest BCUT2D eigenvalue weighted by atomic mass is 10.0. The molecule has 0 saturated carbocycles. The maximum atomic E-state index is 11.9. The number of carbonyl (C=O) groups is 1. The van der Waals surface area contributed by atoms with Gasteiger partial charge in [-0.05, 0) is 35.4 Å². The van der Waals surface area contributed by atoms with Gasteiger partial charge in [0.15, 0.2) is 5.78 Å². The van der Waals surface area contributed by atoms with Crippen molar-refractivity contribution in [2.75, 3.05) is 0 Å². The van der Waals surface area contributed by atoms with Crippen molar-refractivity contribution in [3.63, 3.8) is 0 Å². The molecule has 2 aromatic rings. The molecular weight excluding hydrogens is 276 g/mol. The second kappa shape index (κ2) is 5.46. The van der Waals surface area contributed by atoms with Crippen LogP contribution in [0.5, 0.6) is 0 Å². The fraction of sp³-hybridized carbons (Fsp3) is 0.267. The average molecular weight is 291 g/mol. The summed E-state index contributed by atoms with van der Waals surface area (Å²) in [4.78, 5) is 11.9. The number of benzene rings is 2. The first-order valence-electron chi connectivity index (χ1n) is 5.93. The smallest absolute Gasteiger partial charge is 0.162 e. The van der Waals surface area contributed by atoms with Gasteiger partial charge in [-0.3, -0.25) is 4.79 Å². The normalized spacial score (nSPS) is 10.7. The minimum absolute atomic E-state index is 0.247. The second-order valence-electron chi connectivity index (χ2n) is 4.23. The van der Waals surface area contributed by atoms with E-state index in [2.05, 4.69) is 28.9 Å². The summed E-state index contributed by atoms with van der Waals surface area (Å²) in [6.45, 7) is 2.10. The lowest BCUT2D eigenvalue weighted by molar-refractivity contribution is 0.0980. The largest absolute Gasteiger partial charge is 0.294 e. The van der Waals surface area contributed by atoms with E-state index in [4.69, 9.17) is 0 Å². The third-order valence-corrected chi connectivity index (χ3v) is 3.37. The molecule has 17 heavy (non-hydrogen) atoms. The molecule has 0 aliphatic heterocycles. The summed E-state index contributed by atoms with van der Waals surface area (Å²) in [6.07, 6.45) is 2.68. The monoisotopic (exact) mass is 290 g/mol. The third-order valence-electron chi connectivity index (χ3n) is 2.88. The van der Waals surface area contributed by atoms with Crippen molar-refractivity contribution in [1.29, 1.82) is 0 Å². The van der Waals surface area contributed by atoms with Crippen LogP contribution in [0.1, 0.15) is 36.5 Å². The zero-order chi connectivity index (χ0) is 12.3. The van der Waals surface area contributed by atoms with Gasteiger partial charge in [-0.15, -0.1) is 0 Å². The lowest BCUT2D eigenvalue weighted by Gasteiger charge is -2.03. The summed E-state index contributed by atoms with van der Waals surface area (Å²) in [5, 5.41) is 2.28. The van der Waals surface area contributed by atoms with Crippen LogP contribution in [0.4, 0.5) is 0 Å². The molecule has 2 aromatic carbocycles. The number of fused-ring (bicyclic) bond motifs is 1. The zero-order valence-corrected chi connectivity index (χ0v) is 11.5. The predicted molar refractivity (Wildman–Crippen MR) is 75.5 cm³/mol. The van der Waals surface area contributed by atoms with Crippen LogP contribution in [0, 0.1) is 0 Å². The molecule has 0 spiro atoms. The van der Waals surface area contributed by atoms with Gasteiger partial charge in [0.2, 0.25) is 0 Å². The molecule has 88 valence electrons. The van der Waals surface area contributed by atoms with E-state index in [1.807, 2.05) is 30.3 Å². The predicted octanol–water partition coefficient (Wildman–Crippen LogP) is 4.98. The van der Waals surface area contributed by atoms with Gasteiger partial charge in [-0.2, -0.15) is 0 Å². The van der Waals surface area contributed by atoms with Crippen LogP contribution in [-0.2, 0) is 0 Å². The molecule has 0 fully saturated rings. The molecule has 0 bridgehead atoms. The minimum Gasteiger partial charge on any atom is -0.294 e. The highest BCUT2D eigenvalue weighted by molar-refractivity contribution is 9.10. The first kappa shape index (κ1) is 12.3. The molecule has 0 aliphatic rings. The van der Waals surface area contributed by atoms with Crippen molar-refractivity contribution in [3.8, 4) is 0 Å². The van der Waals surface area contributed by atoms with Crippen molar-refractivity contribution < 1.29 is 4.79 Å². The Morgan fingerprint density at radius 1 is 1.12 bits per heavy atom. The van der Waals surface area contributed by atoms with Gasteiger partial charge in [0, 0.05) is 16.5 Å². The Morgan fingerprint density at radius 3 is 2.59 bits per heavy atom. The Morgan fingerprint density at radius 2 is 1.82 bits per heavy atom. The van der Waals surface area contributed by atoms with Crippen molar-refractivity contribution in [2.24, 2.45) is 0 Å². The first-order valence-corrected chi connectivity index (χ1v) is 6.72. The maximum absolute atomic E-state index is 11.9. The van der Waals surface area contributed by atoms with Crippen molar-refractivity contribution in [2.45, 2.75) is 26.2 Å². The Balaban J connectivity index is 2.31. The van der Waals surface area contributed by atoms with Crippen LogP contribution in [0.2, 0.25) is 0 Å². The van der Waals surface area contributed by atoms with Gasteiger partial charge in [0.25, 0.3) is 0 Å². The summed E-state index contributed by atoms with van der Waals surface area (Å²) < 4.78 is 1.06. The summed E-state index contributed by atoms with van der Waals surface area (Å²) in [6, 6.07) is 12.0. The van der Waals surface area contributed by atoms with E-state index in [-0.39, 0.29) is 5.78 Å². The standard InChI is InChI=1S/C15H15BrO/c1-2-3-4-15(17)13-6-5-12-10-14(16)8-7-11(12)9-13/h5-10H,2-4H2,1H3. The van der Waals surface area contributed by atoms with E-state index < -0.39 is 0 Å². The Hall–Kier alpha value is -1.15. The summed E-state index contributed by atoms with van der Waals surface area (Å²) in [5.41, 5.74) is 0.827. The van der Waals surface area contributed by atoms with E-state index in [1.54, 1.807) is 0 Å². The van der Waals surface area contributed by atoms with Crippen LogP contribution in [0.15, 0.2) is 40.9 Å². The molecule has 0 aromatic heterocycles. The Kier molecular flexibility index (Phi) is 3.95. The Bertz CT molecular complexity index is 546. The fourth-order valence-electron chi connectivity index (χ4n) is 1.87. The number of Topliss-reactive ketones (excluding diaryl/α,β-unsaturated/α-hetero) is 1. The van der Waals surface area contributed by atoms with E-state index in [0.717, 1.165) is 33.7 Å². The molecule has 0 aliphatic carbocycles. The molecule has 2 rings (SSSR count). The van der Waals surface area contributed by atoms with Crippen LogP contribution in [0.3, 0.4) is 0 Å². The highest BCUT2D eigenvalue weighted by Gasteiger charge is 2.05. The highest BCUT2D eigenvalue weighted by atomic mass is 79.9. The Labute approximate surface area is 110 Å². The number of rotatable bonds is 4. The van der Waals surface area contributed by atoms with Crippen LogP contribution < -0.4 is 0 Å². The molecular formula is C15H15BrO. The summed E-state index contributed by atoms with van der Waals surface area (Å²) in [7, 11) is 0. The zero-order valence-electron chi connectivity index (χ0n) is 9.87. The molecule has 0 amide bonds. The van der Waals surface area contributed by atoms with Crippen molar-refractivity contribution in [1.82, 2.24) is 0 Å². The van der Waals surface area contributed by atoms with E-state index >= 15 is 0 Å². The fourth-order valence-corrected chi connectivity index (χ4v) is 2.25. The average Bonchev–Trinajstić information content (AvgIpc) is 2.35. The number of ketones is 1. The van der Waals surface area contributed by atoms with Gasteiger partial charge in [0.1, 0.15) is 0 Å². The molecule has 0 heterocycles. The second-order valence-corrected chi connectivity index (χ2v) is 5.15. The van der Waals surface area contributed by atoms with Crippen LogP contribution >= 0.6 is 15.9 Å². The minimum atomic E-state index is 0.247. The maximum Gasteiger partial charge on any atom is 0.162 e. The van der Waals surface area contributed by atoms with Gasteiger partial charge in [-0.25, -0.2) is 0 Å². The first-order chi connectivity index (χ1) is 8.20. The number of unbranched alkanes of at least 4 members (excludes halogenated alkanes) is 1. The van der Waals surface area contributed by atoms with Gasteiger partial charge in [0.05, 0.1) is 0 Å². The molecule has 0 radical (unpaired) electrons. The van der Waals surface area contributed by atoms with Gasteiger partial charge < -0.3 is 0 Å². The van der Waals surface area contributed by atoms with Crippen LogP contribution in [0.25, 0.3) is 10.8 Å². The molecule has 0 unspecified atom stereocenters. The van der Waals surface area contributed by atoms with Gasteiger partial charge >= 0.3 is 0 Å². The van der Waals surface area contributed by atoms with E-state index in [9.17, 15) is 4.79 Å². The summed E-state index contributed by atoms with van der Waals surface area (Å²) in [5.74, 6) is 0.247. The van der Waals surface area contributed by atoms with Crippen LogP contribution in [-0.4, -0.2) is 5.78 Å².